The van der Waals surface area contributed by atoms with Crippen LogP contribution >= 0.6 is 0 Å². The van der Waals surface area contributed by atoms with E-state index in [1.165, 1.54) is 5.56 Å². The van der Waals surface area contributed by atoms with Gasteiger partial charge in [-0.3, -0.25) is 9.69 Å². The van der Waals surface area contributed by atoms with Crippen molar-refractivity contribution in [3.8, 4) is 0 Å². The quantitative estimate of drug-likeness (QED) is 0.853. The Bertz CT molecular complexity index is 835. The van der Waals surface area contributed by atoms with Gasteiger partial charge in [-0.05, 0) is 37.5 Å². The van der Waals surface area contributed by atoms with Gasteiger partial charge in [0.15, 0.2) is 0 Å². The molecule has 0 saturated carbocycles. The van der Waals surface area contributed by atoms with Crippen LogP contribution in [0.15, 0.2) is 30.3 Å². The summed E-state index contributed by atoms with van der Waals surface area (Å²) in [5.41, 5.74) is 3.66. The number of aromatic nitrogens is 2. The van der Waals surface area contributed by atoms with Gasteiger partial charge >= 0.3 is 0 Å². The Morgan fingerprint density at radius 1 is 1.18 bits per heavy atom. The highest BCUT2D eigenvalue weighted by atomic mass is 16.5. The summed E-state index contributed by atoms with van der Waals surface area (Å²) in [6.07, 6.45) is 2.11. The number of fused-ring (bicyclic) bond motifs is 1. The molecule has 7 nitrogen and oxygen atoms in total. The number of hydrogen-bond acceptors (Lipinski definition) is 6. The average Bonchev–Trinajstić information content (AvgIpc) is 2.73. The second-order valence-electron chi connectivity index (χ2n) is 7.29. The molecule has 28 heavy (non-hydrogen) atoms. The van der Waals surface area contributed by atoms with Gasteiger partial charge in [0, 0.05) is 44.1 Å². The summed E-state index contributed by atoms with van der Waals surface area (Å²) in [4.78, 5) is 26.3. The van der Waals surface area contributed by atoms with Crippen LogP contribution in [-0.4, -0.2) is 66.7 Å². The molecular weight excluding hydrogens is 354 g/mol. The van der Waals surface area contributed by atoms with Crippen LogP contribution in [-0.2, 0) is 11.2 Å². The zero-order valence-electron chi connectivity index (χ0n) is 16.4. The van der Waals surface area contributed by atoms with Crippen molar-refractivity contribution in [3.05, 3.63) is 47.3 Å². The number of ether oxygens (including phenoxy) is 1. The number of rotatable bonds is 5. The van der Waals surface area contributed by atoms with Gasteiger partial charge < -0.3 is 15.0 Å². The van der Waals surface area contributed by atoms with E-state index >= 15 is 0 Å². The number of amides is 1. The number of anilines is 2. The van der Waals surface area contributed by atoms with E-state index in [0.29, 0.717) is 18.2 Å². The third-order valence-corrected chi connectivity index (χ3v) is 5.24. The van der Waals surface area contributed by atoms with Gasteiger partial charge in [0.1, 0.15) is 5.69 Å². The van der Waals surface area contributed by atoms with Crippen molar-refractivity contribution in [1.82, 2.24) is 20.2 Å². The van der Waals surface area contributed by atoms with Crippen molar-refractivity contribution in [3.63, 3.8) is 0 Å². The van der Waals surface area contributed by atoms with Crippen molar-refractivity contribution >= 4 is 17.5 Å². The smallest absolute Gasteiger partial charge is 0.270 e. The molecule has 0 bridgehead atoms. The van der Waals surface area contributed by atoms with Crippen LogP contribution in [0.25, 0.3) is 0 Å². The van der Waals surface area contributed by atoms with E-state index in [9.17, 15) is 4.79 Å². The van der Waals surface area contributed by atoms with Gasteiger partial charge in [0.2, 0.25) is 5.95 Å². The molecule has 2 aromatic rings. The number of carbonyl (C=O) groups excluding carboxylic acids is 1. The Hall–Kier alpha value is -2.51. The first kappa shape index (κ1) is 18.8. The van der Waals surface area contributed by atoms with E-state index < -0.39 is 0 Å². The number of aryl methyl sites for hydroxylation is 2. The van der Waals surface area contributed by atoms with Crippen LogP contribution in [0.5, 0.6) is 0 Å². The van der Waals surface area contributed by atoms with Crippen LogP contribution in [0.4, 0.5) is 11.6 Å². The van der Waals surface area contributed by atoms with Crippen LogP contribution < -0.4 is 10.2 Å². The molecule has 2 aliphatic rings. The zero-order valence-corrected chi connectivity index (χ0v) is 16.4. The molecule has 3 heterocycles. The molecule has 1 fully saturated rings. The summed E-state index contributed by atoms with van der Waals surface area (Å²) >= 11 is 0. The molecule has 0 aliphatic carbocycles. The maximum Gasteiger partial charge on any atom is 0.270 e. The number of nitrogens with zero attached hydrogens (tertiary/aromatic N) is 4. The standard InChI is InChI=1S/C21H27N5O2/c1-16-15-18(20(27)22-8-10-25-11-13-28-14-12-25)24-21(23-16)26-9-4-6-17-5-2-3-7-19(17)26/h2-3,5,7,15H,4,6,8-14H2,1H3,(H,22,27). The van der Waals surface area contributed by atoms with E-state index in [4.69, 9.17) is 4.74 Å². The highest BCUT2D eigenvalue weighted by Crippen LogP contribution is 2.31. The van der Waals surface area contributed by atoms with Crippen molar-refractivity contribution in [2.45, 2.75) is 19.8 Å². The number of hydrogen-bond donors (Lipinski definition) is 1. The van der Waals surface area contributed by atoms with Crippen molar-refractivity contribution in [2.75, 3.05) is 50.8 Å². The molecule has 0 radical (unpaired) electrons. The summed E-state index contributed by atoms with van der Waals surface area (Å²) in [5.74, 6) is 0.454. The highest BCUT2D eigenvalue weighted by molar-refractivity contribution is 5.92. The largest absolute Gasteiger partial charge is 0.379 e. The first-order valence-electron chi connectivity index (χ1n) is 10.00. The number of para-hydroxylation sites is 1. The van der Waals surface area contributed by atoms with E-state index in [1.807, 2.05) is 13.0 Å². The Labute approximate surface area is 165 Å². The number of nitrogens with one attached hydrogen (secondary N) is 1. The molecule has 0 spiro atoms. The van der Waals surface area contributed by atoms with E-state index in [2.05, 4.69) is 43.3 Å². The highest BCUT2D eigenvalue weighted by Gasteiger charge is 2.21. The van der Waals surface area contributed by atoms with Gasteiger partial charge in [0.05, 0.1) is 13.2 Å². The second-order valence-corrected chi connectivity index (χ2v) is 7.29. The summed E-state index contributed by atoms with van der Waals surface area (Å²) in [6.45, 7) is 7.56. The second kappa shape index (κ2) is 8.67. The molecule has 4 rings (SSSR count). The molecule has 2 aliphatic heterocycles. The van der Waals surface area contributed by atoms with Gasteiger partial charge in [-0.1, -0.05) is 18.2 Å². The van der Waals surface area contributed by atoms with Gasteiger partial charge in [-0.15, -0.1) is 0 Å². The zero-order chi connectivity index (χ0) is 19.3. The van der Waals surface area contributed by atoms with Crippen molar-refractivity contribution < 1.29 is 9.53 Å². The molecule has 1 saturated heterocycles. The Balaban J connectivity index is 1.46. The molecular formula is C21H27N5O2. The fourth-order valence-electron chi connectivity index (χ4n) is 3.77. The third kappa shape index (κ3) is 4.31. The SMILES string of the molecule is Cc1cc(C(=O)NCCN2CCOCC2)nc(N2CCCc3ccccc32)n1. The van der Waals surface area contributed by atoms with Crippen LogP contribution in [0.3, 0.4) is 0 Å². The third-order valence-electron chi connectivity index (χ3n) is 5.24. The number of carbonyl (C=O) groups is 1. The first-order valence-corrected chi connectivity index (χ1v) is 10.00. The summed E-state index contributed by atoms with van der Waals surface area (Å²) in [6, 6.07) is 10.1. The van der Waals surface area contributed by atoms with Gasteiger partial charge in [-0.2, -0.15) is 0 Å². The van der Waals surface area contributed by atoms with Gasteiger partial charge in [-0.25, -0.2) is 9.97 Å². The van der Waals surface area contributed by atoms with Crippen LogP contribution in [0.2, 0.25) is 0 Å². The predicted molar refractivity (Wildman–Crippen MR) is 108 cm³/mol. The fraction of sp³-hybridized carbons (Fsp3) is 0.476. The molecule has 1 aromatic carbocycles. The maximum absolute atomic E-state index is 12.7. The van der Waals surface area contributed by atoms with E-state index in [0.717, 1.165) is 63.6 Å². The Morgan fingerprint density at radius 3 is 2.86 bits per heavy atom. The molecule has 148 valence electrons. The molecule has 1 aromatic heterocycles. The maximum atomic E-state index is 12.7. The van der Waals surface area contributed by atoms with Crippen LogP contribution in [0, 0.1) is 6.92 Å². The predicted octanol–water partition coefficient (Wildman–Crippen LogP) is 1.93. The van der Waals surface area contributed by atoms with E-state index in [-0.39, 0.29) is 5.91 Å². The molecule has 1 N–H and O–H groups in total. The number of morpholine rings is 1. The lowest BCUT2D eigenvalue weighted by Gasteiger charge is -2.29. The normalized spacial score (nSPS) is 17.2. The Morgan fingerprint density at radius 2 is 2.00 bits per heavy atom. The minimum Gasteiger partial charge on any atom is -0.379 e. The van der Waals surface area contributed by atoms with Crippen molar-refractivity contribution in [1.29, 1.82) is 0 Å². The molecule has 1 amide bonds. The van der Waals surface area contributed by atoms with E-state index in [1.54, 1.807) is 6.07 Å². The first-order chi connectivity index (χ1) is 13.7. The lowest BCUT2D eigenvalue weighted by atomic mass is 10.0. The Kier molecular flexibility index (Phi) is 5.83. The topological polar surface area (TPSA) is 70.6 Å². The summed E-state index contributed by atoms with van der Waals surface area (Å²) in [7, 11) is 0. The fourth-order valence-corrected chi connectivity index (χ4v) is 3.77. The molecule has 0 atom stereocenters. The molecule has 7 heteroatoms. The monoisotopic (exact) mass is 381 g/mol. The minimum absolute atomic E-state index is 0.148. The summed E-state index contributed by atoms with van der Waals surface area (Å²) < 4.78 is 5.35. The van der Waals surface area contributed by atoms with Crippen molar-refractivity contribution in [2.24, 2.45) is 0 Å². The van der Waals surface area contributed by atoms with Gasteiger partial charge in [0.25, 0.3) is 5.91 Å². The number of benzene rings is 1. The minimum atomic E-state index is -0.148. The average molecular weight is 381 g/mol. The van der Waals surface area contributed by atoms with Crippen LogP contribution in [0.1, 0.15) is 28.2 Å². The summed E-state index contributed by atoms with van der Waals surface area (Å²) in [5, 5.41) is 2.99. The lowest BCUT2D eigenvalue weighted by Crippen LogP contribution is -2.41. The molecule has 0 unspecified atom stereocenters. The lowest BCUT2D eigenvalue weighted by molar-refractivity contribution is 0.0383.